The van der Waals surface area contributed by atoms with E-state index in [1.165, 1.54) is 4.90 Å². The van der Waals surface area contributed by atoms with Crippen molar-refractivity contribution in [2.45, 2.75) is 26.3 Å². The number of benzene rings is 2. The number of aryl methyl sites for hydroxylation is 1. The van der Waals surface area contributed by atoms with Gasteiger partial charge in [-0.2, -0.15) is 0 Å². The molecule has 2 N–H and O–H groups in total. The summed E-state index contributed by atoms with van der Waals surface area (Å²) < 4.78 is 20.6. The van der Waals surface area contributed by atoms with E-state index in [2.05, 4.69) is 4.99 Å². The maximum atomic E-state index is 14.7. The monoisotopic (exact) mass is 367 g/mol. The number of nitrogens with two attached hydrogens (primary N) is 1. The minimum absolute atomic E-state index is 0.174. The Morgan fingerprint density at radius 1 is 1.26 bits per heavy atom. The molecule has 6 heteroatoms. The molecule has 0 radical (unpaired) electrons. The summed E-state index contributed by atoms with van der Waals surface area (Å²) in [6.45, 7) is 5.92. The molecule has 1 amide bonds. The molecule has 0 aromatic heterocycles. The Hall–Kier alpha value is -2.89. The number of hydrogen-bond acceptors (Lipinski definition) is 4. The number of ether oxygens (including phenoxy) is 1. The SMILES string of the molecule is Cc1cccc(-c2ccc3c(c2)C2(N=C(N)N(C)C2=O)C(C)(C)CO3)c1F. The second kappa shape index (κ2) is 5.55. The number of carbonyl (C=O) groups excluding carboxylic acids is 1. The summed E-state index contributed by atoms with van der Waals surface area (Å²) >= 11 is 0. The van der Waals surface area contributed by atoms with Gasteiger partial charge in [0.1, 0.15) is 11.6 Å². The van der Waals surface area contributed by atoms with Crippen molar-refractivity contribution in [3.05, 3.63) is 53.3 Å². The van der Waals surface area contributed by atoms with Gasteiger partial charge < -0.3 is 10.5 Å². The van der Waals surface area contributed by atoms with Crippen LogP contribution in [0.5, 0.6) is 5.75 Å². The minimum Gasteiger partial charge on any atom is -0.493 e. The van der Waals surface area contributed by atoms with Gasteiger partial charge in [-0.05, 0) is 30.2 Å². The predicted octanol–water partition coefficient (Wildman–Crippen LogP) is 3.20. The molecule has 4 rings (SSSR count). The zero-order chi connectivity index (χ0) is 19.6. The average Bonchev–Trinajstić information content (AvgIpc) is 2.86. The Kier molecular flexibility index (Phi) is 3.60. The fraction of sp³-hybridized carbons (Fsp3) is 0.333. The molecule has 1 atom stereocenters. The van der Waals surface area contributed by atoms with E-state index in [4.69, 9.17) is 10.5 Å². The number of rotatable bonds is 1. The van der Waals surface area contributed by atoms with Crippen LogP contribution in [0.4, 0.5) is 4.39 Å². The molecule has 0 fully saturated rings. The molecule has 0 aliphatic carbocycles. The fourth-order valence-electron chi connectivity index (χ4n) is 3.96. The number of aliphatic imine (C=N–C) groups is 1. The van der Waals surface area contributed by atoms with Crippen LogP contribution in [-0.4, -0.2) is 30.4 Å². The highest BCUT2D eigenvalue weighted by atomic mass is 19.1. The molecule has 0 bridgehead atoms. The van der Waals surface area contributed by atoms with Crippen molar-refractivity contribution in [3.63, 3.8) is 0 Å². The highest BCUT2D eigenvalue weighted by Gasteiger charge is 2.61. The summed E-state index contributed by atoms with van der Waals surface area (Å²) in [6, 6.07) is 10.7. The van der Waals surface area contributed by atoms with Crippen LogP contribution in [0.25, 0.3) is 11.1 Å². The van der Waals surface area contributed by atoms with Crippen LogP contribution in [0.1, 0.15) is 25.0 Å². The first-order valence-electron chi connectivity index (χ1n) is 8.85. The van der Waals surface area contributed by atoms with Crippen LogP contribution in [0.3, 0.4) is 0 Å². The normalized spacial score (nSPS) is 23.2. The van der Waals surface area contributed by atoms with E-state index in [1.807, 2.05) is 26.0 Å². The van der Waals surface area contributed by atoms with Gasteiger partial charge in [-0.15, -0.1) is 0 Å². The van der Waals surface area contributed by atoms with Crippen molar-refractivity contribution in [1.82, 2.24) is 4.90 Å². The third-order valence-electron chi connectivity index (χ3n) is 5.68. The molecular formula is C21H22FN3O2. The Morgan fingerprint density at radius 2 is 2.00 bits per heavy atom. The molecule has 27 heavy (non-hydrogen) atoms. The molecule has 140 valence electrons. The number of hydrogen-bond donors (Lipinski definition) is 1. The van der Waals surface area contributed by atoms with E-state index in [9.17, 15) is 9.18 Å². The summed E-state index contributed by atoms with van der Waals surface area (Å²) in [5.41, 5.74) is 6.54. The molecular weight excluding hydrogens is 345 g/mol. The van der Waals surface area contributed by atoms with E-state index in [-0.39, 0.29) is 17.7 Å². The van der Waals surface area contributed by atoms with Gasteiger partial charge in [0.15, 0.2) is 11.5 Å². The minimum atomic E-state index is -1.18. The van der Waals surface area contributed by atoms with Gasteiger partial charge in [-0.1, -0.05) is 38.1 Å². The van der Waals surface area contributed by atoms with Crippen molar-refractivity contribution in [2.24, 2.45) is 16.1 Å². The maximum Gasteiger partial charge on any atom is 0.262 e. The third-order valence-corrected chi connectivity index (χ3v) is 5.68. The lowest BCUT2D eigenvalue weighted by molar-refractivity contribution is -0.137. The Morgan fingerprint density at radius 3 is 2.67 bits per heavy atom. The number of guanidine groups is 1. The van der Waals surface area contributed by atoms with E-state index in [0.717, 1.165) is 0 Å². The summed E-state index contributed by atoms with van der Waals surface area (Å²) in [7, 11) is 1.62. The topological polar surface area (TPSA) is 67.9 Å². The van der Waals surface area contributed by atoms with E-state index in [0.29, 0.717) is 34.6 Å². The van der Waals surface area contributed by atoms with Gasteiger partial charge in [0.25, 0.3) is 5.91 Å². The number of halogens is 1. The molecule has 0 saturated heterocycles. The fourth-order valence-corrected chi connectivity index (χ4v) is 3.96. The average molecular weight is 367 g/mol. The van der Waals surface area contributed by atoms with Crippen LogP contribution < -0.4 is 10.5 Å². The number of amides is 1. The van der Waals surface area contributed by atoms with Gasteiger partial charge in [-0.25, -0.2) is 9.38 Å². The van der Waals surface area contributed by atoms with Gasteiger partial charge in [0.05, 0.1) is 6.61 Å². The van der Waals surface area contributed by atoms with Gasteiger partial charge in [-0.3, -0.25) is 9.69 Å². The molecule has 2 heterocycles. The zero-order valence-electron chi connectivity index (χ0n) is 15.8. The van der Waals surface area contributed by atoms with Crippen LogP contribution in [0.2, 0.25) is 0 Å². The number of likely N-dealkylation sites (N-methyl/N-ethyl adjacent to an activating group) is 1. The first-order chi connectivity index (χ1) is 12.7. The molecule has 1 unspecified atom stereocenters. The molecule has 2 aliphatic rings. The van der Waals surface area contributed by atoms with Crippen LogP contribution in [-0.2, 0) is 10.3 Å². The lowest BCUT2D eigenvalue weighted by Gasteiger charge is -2.44. The van der Waals surface area contributed by atoms with Crippen molar-refractivity contribution in [3.8, 4) is 16.9 Å². The summed E-state index contributed by atoms with van der Waals surface area (Å²) in [4.78, 5) is 19.2. The maximum absolute atomic E-state index is 14.7. The molecule has 5 nitrogen and oxygen atoms in total. The third kappa shape index (κ3) is 2.22. The zero-order valence-corrected chi connectivity index (χ0v) is 15.8. The summed E-state index contributed by atoms with van der Waals surface area (Å²) in [6.07, 6.45) is 0. The van der Waals surface area contributed by atoms with Crippen LogP contribution >= 0.6 is 0 Å². The molecule has 0 saturated carbocycles. The molecule has 2 aromatic carbocycles. The molecule has 1 spiro atoms. The van der Waals surface area contributed by atoms with Crippen LogP contribution in [0.15, 0.2) is 41.4 Å². The lowest BCUT2D eigenvalue weighted by atomic mass is 9.66. The predicted molar refractivity (Wildman–Crippen MR) is 102 cm³/mol. The summed E-state index contributed by atoms with van der Waals surface area (Å²) in [5, 5.41) is 0. The van der Waals surface area contributed by atoms with Gasteiger partial charge >= 0.3 is 0 Å². The number of fused-ring (bicyclic) bond motifs is 2. The lowest BCUT2D eigenvalue weighted by Crippen LogP contribution is -2.53. The van der Waals surface area contributed by atoms with E-state index >= 15 is 0 Å². The number of carbonyl (C=O) groups is 1. The second-order valence-electron chi connectivity index (χ2n) is 7.86. The highest BCUT2D eigenvalue weighted by Crippen LogP contribution is 2.53. The first kappa shape index (κ1) is 17.5. The Balaban J connectivity index is 1.98. The highest BCUT2D eigenvalue weighted by molar-refractivity contribution is 6.08. The van der Waals surface area contributed by atoms with Gasteiger partial charge in [0, 0.05) is 23.6 Å². The van der Waals surface area contributed by atoms with Crippen molar-refractivity contribution < 1.29 is 13.9 Å². The number of nitrogens with zero attached hydrogens (tertiary/aromatic N) is 2. The molecule has 2 aromatic rings. The van der Waals surface area contributed by atoms with Crippen LogP contribution in [0, 0.1) is 18.2 Å². The van der Waals surface area contributed by atoms with Crippen molar-refractivity contribution >= 4 is 11.9 Å². The quantitative estimate of drug-likeness (QED) is 0.842. The second-order valence-corrected chi connectivity index (χ2v) is 7.86. The van der Waals surface area contributed by atoms with Crippen molar-refractivity contribution in [2.75, 3.05) is 13.7 Å². The smallest absolute Gasteiger partial charge is 0.262 e. The largest absolute Gasteiger partial charge is 0.493 e. The van der Waals surface area contributed by atoms with Crippen molar-refractivity contribution in [1.29, 1.82) is 0 Å². The molecule has 2 aliphatic heterocycles. The standard InChI is InChI=1S/C21H22FN3O2/c1-12-6-5-7-14(17(12)22)13-8-9-16-15(10-13)21(20(2,3)11-27-16)18(26)25(4)19(23)24-21/h5-10H,11H2,1-4H3,(H2,23,24). The Labute approximate surface area is 157 Å². The Bertz CT molecular complexity index is 999. The van der Waals surface area contributed by atoms with E-state index in [1.54, 1.807) is 38.2 Å². The first-order valence-corrected chi connectivity index (χ1v) is 8.85. The van der Waals surface area contributed by atoms with Gasteiger partial charge in [0.2, 0.25) is 0 Å². The summed E-state index contributed by atoms with van der Waals surface area (Å²) in [5.74, 6) is 0.274. The van der Waals surface area contributed by atoms with E-state index < -0.39 is 11.0 Å².